The van der Waals surface area contributed by atoms with Crippen molar-refractivity contribution in [2.24, 2.45) is 11.8 Å². The Morgan fingerprint density at radius 3 is 2.31 bits per heavy atom. The zero-order chi connectivity index (χ0) is 25.7. The maximum Gasteiger partial charge on any atom is 0.326 e. The van der Waals surface area contributed by atoms with Crippen LogP contribution in [0.3, 0.4) is 0 Å². The highest BCUT2D eigenvalue weighted by Gasteiger charge is 2.33. The summed E-state index contributed by atoms with van der Waals surface area (Å²) in [6.45, 7) is 1.04. The van der Waals surface area contributed by atoms with Crippen molar-refractivity contribution < 1.29 is 19.5 Å². The minimum atomic E-state index is -1.08. The summed E-state index contributed by atoms with van der Waals surface area (Å²) in [6.07, 6.45) is 6.78. The molecule has 2 fully saturated rings. The van der Waals surface area contributed by atoms with E-state index in [0.29, 0.717) is 29.6 Å². The normalized spacial score (nSPS) is 19.5. The van der Waals surface area contributed by atoms with E-state index < -0.39 is 12.0 Å². The van der Waals surface area contributed by atoms with Gasteiger partial charge in [0.2, 0.25) is 11.8 Å². The Hall–Kier alpha value is -2.57. The van der Waals surface area contributed by atoms with Crippen molar-refractivity contribution in [3.05, 3.63) is 58.1 Å². The molecule has 2 aliphatic rings. The molecule has 1 saturated heterocycles. The standard InChI is InChI=1S/C28H32Cl2N2O4/c29-22-12-13-23(24(30)16-22)19-10-8-18(9-11-19)15-25(28(35)36)31-26(33)21-7-4-14-32(17-21)27(34)20-5-2-1-3-6-20/h8-13,16,20-21,25H,1-7,14-15,17H2,(H,31,33)(H,35,36)/t21?,25-/m0/s1. The Bertz CT molecular complexity index is 1100. The fraction of sp³-hybridized carbons (Fsp3) is 0.464. The summed E-state index contributed by atoms with van der Waals surface area (Å²) in [6, 6.07) is 11.7. The molecule has 0 bridgehead atoms. The lowest BCUT2D eigenvalue weighted by molar-refractivity contribution is -0.144. The van der Waals surface area contributed by atoms with Crippen molar-refractivity contribution in [2.45, 2.75) is 57.4 Å². The third-order valence-corrected chi connectivity index (χ3v) is 7.86. The van der Waals surface area contributed by atoms with Gasteiger partial charge >= 0.3 is 5.97 Å². The second-order valence-corrected chi connectivity index (χ2v) is 10.7. The van der Waals surface area contributed by atoms with Crippen LogP contribution >= 0.6 is 23.2 Å². The number of halogens is 2. The van der Waals surface area contributed by atoms with Gasteiger partial charge in [-0.25, -0.2) is 4.79 Å². The molecule has 1 saturated carbocycles. The molecule has 1 aliphatic heterocycles. The molecule has 2 aromatic carbocycles. The minimum absolute atomic E-state index is 0.0676. The van der Waals surface area contributed by atoms with Gasteiger partial charge in [0.25, 0.3) is 0 Å². The number of hydrogen-bond donors (Lipinski definition) is 2. The lowest BCUT2D eigenvalue weighted by Gasteiger charge is -2.35. The van der Waals surface area contributed by atoms with E-state index in [4.69, 9.17) is 23.2 Å². The molecule has 1 unspecified atom stereocenters. The fourth-order valence-electron chi connectivity index (χ4n) is 5.27. The smallest absolute Gasteiger partial charge is 0.326 e. The Labute approximate surface area is 222 Å². The molecule has 6 nitrogen and oxygen atoms in total. The number of likely N-dealkylation sites (tertiary alicyclic amines) is 1. The van der Waals surface area contributed by atoms with Crippen LogP contribution < -0.4 is 5.32 Å². The molecule has 36 heavy (non-hydrogen) atoms. The number of benzene rings is 2. The van der Waals surface area contributed by atoms with E-state index in [-0.39, 0.29) is 30.1 Å². The summed E-state index contributed by atoms with van der Waals surface area (Å²) in [5, 5.41) is 13.6. The first kappa shape index (κ1) is 26.5. The lowest BCUT2D eigenvalue weighted by atomic mass is 9.87. The maximum absolute atomic E-state index is 13.0. The first-order chi connectivity index (χ1) is 17.3. The largest absolute Gasteiger partial charge is 0.480 e. The van der Waals surface area contributed by atoms with E-state index in [2.05, 4.69) is 5.32 Å². The summed E-state index contributed by atoms with van der Waals surface area (Å²) in [7, 11) is 0. The Kier molecular flexibility index (Phi) is 8.91. The van der Waals surface area contributed by atoms with Crippen molar-refractivity contribution in [2.75, 3.05) is 13.1 Å². The molecule has 0 spiro atoms. The van der Waals surface area contributed by atoms with Crippen LogP contribution in [0.4, 0.5) is 0 Å². The molecule has 4 rings (SSSR count). The predicted molar refractivity (Wildman–Crippen MR) is 141 cm³/mol. The van der Waals surface area contributed by atoms with Crippen molar-refractivity contribution in [1.82, 2.24) is 10.2 Å². The third-order valence-electron chi connectivity index (χ3n) is 7.31. The van der Waals surface area contributed by atoms with Crippen LogP contribution in [0.1, 0.15) is 50.5 Å². The average molecular weight is 531 g/mol. The van der Waals surface area contributed by atoms with Crippen molar-refractivity contribution in [3.8, 4) is 11.1 Å². The number of piperidine rings is 1. The first-order valence-corrected chi connectivity index (χ1v) is 13.4. The van der Waals surface area contributed by atoms with E-state index in [1.54, 1.807) is 12.1 Å². The molecule has 0 radical (unpaired) electrons. The second-order valence-electron chi connectivity index (χ2n) is 9.88. The van der Waals surface area contributed by atoms with Crippen molar-refractivity contribution >= 4 is 41.0 Å². The van der Waals surface area contributed by atoms with Crippen LogP contribution in [-0.2, 0) is 20.8 Å². The summed E-state index contributed by atoms with van der Waals surface area (Å²) in [4.78, 5) is 39.7. The van der Waals surface area contributed by atoms with E-state index >= 15 is 0 Å². The molecule has 8 heteroatoms. The Balaban J connectivity index is 1.37. The van der Waals surface area contributed by atoms with Gasteiger partial charge in [0.05, 0.1) is 5.92 Å². The lowest BCUT2D eigenvalue weighted by Crippen LogP contribution is -2.51. The highest BCUT2D eigenvalue weighted by atomic mass is 35.5. The molecule has 2 aromatic rings. The number of amides is 2. The fourth-order valence-corrected chi connectivity index (χ4v) is 5.79. The predicted octanol–water partition coefficient (Wildman–Crippen LogP) is 5.59. The van der Waals surface area contributed by atoms with Crippen LogP contribution in [0, 0.1) is 11.8 Å². The molecule has 192 valence electrons. The number of carboxylic acids is 1. The van der Waals surface area contributed by atoms with Gasteiger partial charge in [0.15, 0.2) is 0 Å². The number of nitrogens with one attached hydrogen (secondary N) is 1. The van der Waals surface area contributed by atoms with Crippen LogP contribution in [0.15, 0.2) is 42.5 Å². The highest BCUT2D eigenvalue weighted by Crippen LogP contribution is 2.31. The molecular formula is C28H32Cl2N2O4. The molecule has 2 N–H and O–H groups in total. The number of carbonyl (C=O) groups is 3. The van der Waals surface area contributed by atoms with Crippen LogP contribution in [-0.4, -0.2) is 46.9 Å². The highest BCUT2D eigenvalue weighted by molar-refractivity contribution is 6.36. The number of aliphatic carboxylic acids is 1. The summed E-state index contributed by atoms with van der Waals surface area (Å²) >= 11 is 12.3. The summed E-state index contributed by atoms with van der Waals surface area (Å²) in [5.74, 6) is -1.55. The number of rotatable bonds is 7. The monoisotopic (exact) mass is 530 g/mol. The van der Waals surface area contributed by atoms with Gasteiger partial charge in [-0.3, -0.25) is 9.59 Å². The SMILES string of the molecule is O=C(N[C@@H](Cc1ccc(-c2ccc(Cl)cc2Cl)cc1)C(=O)O)C1CCCN(C(=O)C2CCCCC2)C1. The molecular weight excluding hydrogens is 499 g/mol. The first-order valence-electron chi connectivity index (χ1n) is 12.7. The minimum Gasteiger partial charge on any atom is -0.480 e. The quantitative estimate of drug-likeness (QED) is 0.488. The van der Waals surface area contributed by atoms with E-state index in [0.717, 1.165) is 48.8 Å². The number of nitrogens with zero attached hydrogens (tertiary/aromatic N) is 1. The number of hydrogen-bond acceptors (Lipinski definition) is 3. The molecule has 0 aromatic heterocycles. The Morgan fingerprint density at radius 1 is 0.944 bits per heavy atom. The number of carbonyl (C=O) groups excluding carboxylic acids is 2. The van der Waals surface area contributed by atoms with Crippen molar-refractivity contribution in [3.63, 3.8) is 0 Å². The summed E-state index contributed by atoms with van der Waals surface area (Å²) < 4.78 is 0. The van der Waals surface area contributed by atoms with Gasteiger partial charge in [0, 0.05) is 41.0 Å². The van der Waals surface area contributed by atoms with Gasteiger partial charge in [-0.05, 0) is 48.9 Å². The molecule has 1 aliphatic carbocycles. The zero-order valence-corrected chi connectivity index (χ0v) is 21.7. The molecule has 2 atom stereocenters. The van der Waals surface area contributed by atoms with E-state index in [1.807, 2.05) is 35.2 Å². The van der Waals surface area contributed by atoms with Crippen LogP contribution in [0.25, 0.3) is 11.1 Å². The van der Waals surface area contributed by atoms with Crippen LogP contribution in [0.5, 0.6) is 0 Å². The zero-order valence-electron chi connectivity index (χ0n) is 20.2. The van der Waals surface area contributed by atoms with E-state index in [1.165, 1.54) is 6.42 Å². The van der Waals surface area contributed by atoms with Gasteiger partial charge in [-0.1, -0.05) is 72.8 Å². The topological polar surface area (TPSA) is 86.7 Å². The number of carboxylic acid groups (broad SMARTS) is 1. The van der Waals surface area contributed by atoms with Gasteiger partial charge in [-0.15, -0.1) is 0 Å². The second kappa shape index (κ2) is 12.1. The summed E-state index contributed by atoms with van der Waals surface area (Å²) in [5.41, 5.74) is 2.51. The Morgan fingerprint density at radius 2 is 1.64 bits per heavy atom. The maximum atomic E-state index is 13.0. The molecule has 2 amide bonds. The molecule has 1 heterocycles. The van der Waals surface area contributed by atoms with E-state index in [9.17, 15) is 19.5 Å². The third kappa shape index (κ3) is 6.60. The van der Waals surface area contributed by atoms with Crippen molar-refractivity contribution in [1.29, 1.82) is 0 Å². The average Bonchev–Trinajstić information content (AvgIpc) is 2.89. The van der Waals surface area contributed by atoms with Gasteiger partial charge in [-0.2, -0.15) is 0 Å². The van der Waals surface area contributed by atoms with Gasteiger partial charge in [0.1, 0.15) is 6.04 Å². The van der Waals surface area contributed by atoms with Crippen LogP contribution in [0.2, 0.25) is 10.0 Å². The van der Waals surface area contributed by atoms with Gasteiger partial charge < -0.3 is 15.3 Å².